The van der Waals surface area contributed by atoms with E-state index in [0.29, 0.717) is 10.5 Å². The molecule has 1 aliphatic heterocycles. The van der Waals surface area contributed by atoms with Gasteiger partial charge in [-0.15, -0.1) is 0 Å². The third-order valence-electron chi connectivity index (χ3n) is 5.62. The van der Waals surface area contributed by atoms with Crippen LogP contribution < -0.4 is 0 Å². The van der Waals surface area contributed by atoms with Gasteiger partial charge in [-0.2, -0.15) is 0 Å². The standard InChI is InChI=1S/C25H17NO3/c1-14(2)23(27)26-24(28)20-12-6-11-19(22(20)25(26)29)18-10-5-9-17-16-8-4-3-7-15(16)13-21(17)18/h3-12H,1,13H2,2H3. The fourth-order valence-electron chi connectivity index (χ4n) is 4.29. The summed E-state index contributed by atoms with van der Waals surface area (Å²) in [6.45, 7) is 5.08. The molecule has 0 aromatic heterocycles. The number of nitrogens with zero attached hydrogens (tertiary/aromatic N) is 1. The summed E-state index contributed by atoms with van der Waals surface area (Å²) in [5, 5.41) is 0. The SMILES string of the molecule is C=C(C)C(=O)N1C(=O)c2cccc(-c3cccc4c3Cc3ccccc3-4)c2C1=O. The lowest BCUT2D eigenvalue weighted by atomic mass is 9.91. The van der Waals surface area contributed by atoms with Crippen molar-refractivity contribution in [3.05, 3.63) is 95.1 Å². The first-order valence-corrected chi connectivity index (χ1v) is 9.41. The van der Waals surface area contributed by atoms with Crippen molar-refractivity contribution >= 4 is 17.7 Å². The molecule has 4 heteroatoms. The van der Waals surface area contributed by atoms with Gasteiger partial charge in [0.25, 0.3) is 17.7 Å². The van der Waals surface area contributed by atoms with Crippen molar-refractivity contribution in [1.82, 2.24) is 4.90 Å². The molecule has 3 aromatic rings. The van der Waals surface area contributed by atoms with Crippen LogP contribution in [0.3, 0.4) is 0 Å². The Balaban J connectivity index is 1.70. The Hall–Kier alpha value is -3.79. The van der Waals surface area contributed by atoms with Crippen molar-refractivity contribution in [2.75, 3.05) is 0 Å². The van der Waals surface area contributed by atoms with Gasteiger partial charge in [-0.1, -0.05) is 61.2 Å². The first-order valence-electron chi connectivity index (χ1n) is 9.41. The van der Waals surface area contributed by atoms with E-state index in [4.69, 9.17) is 0 Å². The monoisotopic (exact) mass is 379 g/mol. The summed E-state index contributed by atoms with van der Waals surface area (Å²) in [5.41, 5.74) is 7.00. The van der Waals surface area contributed by atoms with E-state index in [1.807, 2.05) is 30.3 Å². The minimum atomic E-state index is -0.659. The zero-order chi connectivity index (χ0) is 20.3. The van der Waals surface area contributed by atoms with Gasteiger partial charge in [0.1, 0.15) is 0 Å². The lowest BCUT2D eigenvalue weighted by molar-refractivity contribution is -0.122. The van der Waals surface area contributed by atoms with Crippen molar-refractivity contribution in [2.45, 2.75) is 13.3 Å². The highest BCUT2D eigenvalue weighted by molar-refractivity contribution is 6.32. The molecule has 29 heavy (non-hydrogen) atoms. The molecule has 0 atom stereocenters. The Kier molecular flexibility index (Phi) is 3.65. The third-order valence-corrected chi connectivity index (χ3v) is 5.62. The van der Waals surface area contributed by atoms with Crippen LogP contribution in [0.1, 0.15) is 38.8 Å². The highest BCUT2D eigenvalue weighted by atomic mass is 16.2. The van der Waals surface area contributed by atoms with Crippen molar-refractivity contribution < 1.29 is 14.4 Å². The van der Waals surface area contributed by atoms with Crippen LogP contribution in [0.25, 0.3) is 22.3 Å². The van der Waals surface area contributed by atoms with E-state index >= 15 is 0 Å². The van der Waals surface area contributed by atoms with Gasteiger partial charge in [-0.05, 0) is 52.8 Å². The second-order valence-electron chi connectivity index (χ2n) is 7.42. The second kappa shape index (κ2) is 6.11. The quantitative estimate of drug-likeness (QED) is 0.377. The predicted octanol–water partition coefficient (Wildman–Crippen LogP) is 4.62. The molecule has 0 radical (unpaired) electrons. The van der Waals surface area contributed by atoms with E-state index < -0.39 is 17.7 Å². The van der Waals surface area contributed by atoms with E-state index in [2.05, 4.69) is 24.8 Å². The molecule has 2 aliphatic rings. The largest absolute Gasteiger partial charge is 0.269 e. The number of amides is 3. The molecule has 3 amide bonds. The zero-order valence-electron chi connectivity index (χ0n) is 15.9. The molecule has 3 aromatic carbocycles. The molecule has 0 fully saturated rings. The number of carbonyl (C=O) groups excluding carboxylic acids is 3. The zero-order valence-corrected chi connectivity index (χ0v) is 15.9. The molecule has 1 heterocycles. The maximum absolute atomic E-state index is 13.1. The highest BCUT2D eigenvalue weighted by Gasteiger charge is 2.42. The summed E-state index contributed by atoms with van der Waals surface area (Å²) in [4.78, 5) is 39.0. The van der Waals surface area contributed by atoms with Gasteiger partial charge in [0.15, 0.2) is 0 Å². The Morgan fingerprint density at radius 1 is 0.793 bits per heavy atom. The van der Waals surface area contributed by atoms with E-state index in [1.165, 1.54) is 18.1 Å². The summed E-state index contributed by atoms with van der Waals surface area (Å²) in [7, 11) is 0. The van der Waals surface area contributed by atoms with Crippen molar-refractivity contribution in [1.29, 1.82) is 0 Å². The number of benzene rings is 3. The maximum Gasteiger partial charge on any atom is 0.269 e. The third kappa shape index (κ3) is 2.36. The molecule has 0 saturated carbocycles. The second-order valence-corrected chi connectivity index (χ2v) is 7.42. The average Bonchev–Trinajstić information content (AvgIpc) is 3.23. The molecular weight excluding hydrogens is 362 g/mol. The minimum absolute atomic E-state index is 0.150. The fourth-order valence-corrected chi connectivity index (χ4v) is 4.29. The van der Waals surface area contributed by atoms with Crippen LogP contribution in [0.4, 0.5) is 0 Å². The lowest BCUT2D eigenvalue weighted by Crippen LogP contribution is -2.36. The minimum Gasteiger partial charge on any atom is -0.269 e. The van der Waals surface area contributed by atoms with Crippen LogP contribution in [-0.2, 0) is 11.2 Å². The Labute approximate surface area is 168 Å². The predicted molar refractivity (Wildman–Crippen MR) is 110 cm³/mol. The number of rotatable bonds is 2. The molecule has 4 nitrogen and oxygen atoms in total. The topological polar surface area (TPSA) is 54.5 Å². The van der Waals surface area contributed by atoms with E-state index in [0.717, 1.165) is 23.1 Å². The van der Waals surface area contributed by atoms with Gasteiger partial charge in [-0.3, -0.25) is 14.4 Å². The molecule has 1 aliphatic carbocycles. The highest BCUT2D eigenvalue weighted by Crippen LogP contribution is 2.43. The van der Waals surface area contributed by atoms with Crippen LogP contribution in [0.15, 0.2) is 72.8 Å². The molecule has 0 unspecified atom stereocenters. The van der Waals surface area contributed by atoms with Gasteiger partial charge in [-0.25, -0.2) is 4.90 Å². The first kappa shape index (κ1) is 17.3. The normalized spacial score (nSPS) is 13.9. The molecular formula is C25H17NO3. The molecule has 0 bridgehead atoms. The van der Waals surface area contributed by atoms with Crippen LogP contribution in [-0.4, -0.2) is 22.6 Å². The Morgan fingerprint density at radius 3 is 2.10 bits per heavy atom. The Morgan fingerprint density at radius 2 is 1.38 bits per heavy atom. The number of hydrogen-bond donors (Lipinski definition) is 0. The van der Waals surface area contributed by atoms with Crippen LogP contribution in [0.5, 0.6) is 0 Å². The smallest absolute Gasteiger partial charge is 0.269 e. The molecule has 0 spiro atoms. The van der Waals surface area contributed by atoms with Gasteiger partial charge in [0, 0.05) is 5.57 Å². The number of hydrogen-bond acceptors (Lipinski definition) is 3. The van der Waals surface area contributed by atoms with Gasteiger partial charge in [0.05, 0.1) is 11.1 Å². The van der Waals surface area contributed by atoms with Crippen molar-refractivity contribution in [2.24, 2.45) is 0 Å². The Bertz CT molecular complexity index is 1270. The number of imide groups is 3. The maximum atomic E-state index is 13.1. The van der Waals surface area contributed by atoms with Gasteiger partial charge < -0.3 is 0 Å². The summed E-state index contributed by atoms with van der Waals surface area (Å²) in [5.74, 6) is -1.83. The molecule has 140 valence electrons. The van der Waals surface area contributed by atoms with Crippen molar-refractivity contribution in [3.63, 3.8) is 0 Å². The van der Waals surface area contributed by atoms with Crippen LogP contribution >= 0.6 is 0 Å². The molecule has 0 N–H and O–H groups in total. The molecule has 0 saturated heterocycles. The van der Waals surface area contributed by atoms with E-state index in [9.17, 15) is 14.4 Å². The summed E-state index contributed by atoms with van der Waals surface area (Å²) in [6.07, 6.45) is 0.766. The fraction of sp³-hybridized carbons (Fsp3) is 0.0800. The van der Waals surface area contributed by atoms with E-state index in [-0.39, 0.29) is 16.7 Å². The lowest BCUT2D eigenvalue weighted by Gasteiger charge is -2.13. The summed E-state index contributed by atoms with van der Waals surface area (Å²) < 4.78 is 0. The summed E-state index contributed by atoms with van der Waals surface area (Å²) in [6, 6.07) is 19.5. The van der Waals surface area contributed by atoms with Gasteiger partial charge >= 0.3 is 0 Å². The number of carbonyl (C=O) groups is 3. The molecule has 5 rings (SSSR count). The van der Waals surface area contributed by atoms with Crippen LogP contribution in [0.2, 0.25) is 0 Å². The van der Waals surface area contributed by atoms with Gasteiger partial charge in [0.2, 0.25) is 0 Å². The summed E-state index contributed by atoms with van der Waals surface area (Å²) >= 11 is 0. The van der Waals surface area contributed by atoms with Crippen molar-refractivity contribution in [3.8, 4) is 22.3 Å². The number of fused-ring (bicyclic) bond motifs is 4. The van der Waals surface area contributed by atoms with E-state index in [1.54, 1.807) is 12.1 Å². The van der Waals surface area contributed by atoms with Crippen LogP contribution in [0, 0.1) is 0 Å². The average molecular weight is 379 g/mol. The first-order chi connectivity index (χ1) is 14.0.